The molecule has 3 rings (SSSR count). The first-order chi connectivity index (χ1) is 12.0. The number of rotatable bonds is 4. The van der Waals surface area contributed by atoms with Crippen LogP contribution in [0.5, 0.6) is 0 Å². The molecule has 3 aromatic rings. The number of carbonyl (C=O) groups excluding carboxylic acids is 1. The fraction of sp³-hybridized carbons (Fsp3) is 0.167. The molecule has 0 saturated heterocycles. The second-order valence-corrected chi connectivity index (χ2v) is 6.03. The first kappa shape index (κ1) is 17.1. The van der Waals surface area contributed by atoms with Gasteiger partial charge >= 0.3 is 0 Å². The molecule has 0 fully saturated rings. The Morgan fingerprint density at radius 1 is 1.20 bits per heavy atom. The van der Waals surface area contributed by atoms with E-state index in [2.05, 4.69) is 15.4 Å². The summed E-state index contributed by atoms with van der Waals surface area (Å²) in [6.45, 7) is 3.78. The van der Waals surface area contributed by atoms with E-state index in [1.165, 1.54) is 18.3 Å². The number of amides is 1. The maximum absolute atomic E-state index is 13.1. The van der Waals surface area contributed by atoms with Crippen molar-refractivity contribution < 1.29 is 9.18 Å². The molecule has 0 aliphatic carbocycles. The van der Waals surface area contributed by atoms with Gasteiger partial charge in [-0.05, 0) is 50.2 Å². The van der Waals surface area contributed by atoms with E-state index >= 15 is 0 Å². The Balaban J connectivity index is 1.78. The predicted molar refractivity (Wildman–Crippen MR) is 93.4 cm³/mol. The van der Waals surface area contributed by atoms with Crippen LogP contribution in [-0.2, 0) is 0 Å². The van der Waals surface area contributed by atoms with Gasteiger partial charge in [-0.2, -0.15) is 5.10 Å². The van der Waals surface area contributed by atoms with Gasteiger partial charge in [-0.1, -0.05) is 11.6 Å². The van der Waals surface area contributed by atoms with E-state index in [4.69, 9.17) is 11.6 Å². The lowest BCUT2D eigenvalue weighted by atomic mass is 10.1. The molecular weight excluding hydrogens is 343 g/mol. The Labute approximate surface area is 149 Å². The van der Waals surface area contributed by atoms with Crippen molar-refractivity contribution in [3.63, 3.8) is 0 Å². The van der Waals surface area contributed by atoms with Gasteiger partial charge in [0.15, 0.2) is 0 Å². The van der Waals surface area contributed by atoms with Crippen LogP contribution >= 0.6 is 11.6 Å². The highest BCUT2D eigenvalue weighted by Gasteiger charge is 2.17. The van der Waals surface area contributed by atoms with Crippen LogP contribution in [0.25, 0.3) is 5.69 Å². The largest absolute Gasteiger partial charge is 0.345 e. The second-order valence-electron chi connectivity index (χ2n) is 5.64. The molecule has 0 aliphatic rings. The number of aromatic nitrogens is 3. The van der Waals surface area contributed by atoms with E-state index in [9.17, 15) is 9.18 Å². The van der Waals surface area contributed by atoms with Crippen LogP contribution in [-0.4, -0.2) is 20.7 Å². The Hall–Kier alpha value is -2.73. The quantitative estimate of drug-likeness (QED) is 0.720. The molecule has 1 atom stereocenters. The summed E-state index contributed by atoms with van der Waals surface area (Å²) in [5, 5.41) is 7.59. The van der Waals surface area contributed by atoms with E-state index in [-0.39, 0.29) is 17.8 Å². The SMILES string of the molecule is Cc1c(C(C)NC(=O)c2ccc(Cl)nc2)cnn1-c1ccc(F)cc1. The average Bonchev–Trinajstić information content (AvgIpc) is 2.98. The van der Waals surface area contributed by atoms with Crippen LogP contribution in [0.4, 0.5) is 4.39 Å². The van der Waals surface area contributed by atoms with Crippen LogP contribution in [0.1, 0.15) is 34.6 Å². The third kappa shape index (κ3) is 3.69. The molecule has 2 heterocycles. The molecule has 0 bridgehead atoms. The van der Waals surface area contributed by atoms with Crippen molar-refractivity contribution >= 4 is 17.5 Å². The topological polar surface area (TPSA) is 59.8 Å². The van der Waals surface area contributed by atoms with E-state index in [1.54, 1.807) is 35.1 Å². The smallest absolute Gasteiger partial charge is 0.253 e. The van der Waals surface area contributed by atoms with Crippen LogP contribution < -0.4 is 5.32 Å². The lowest BCUT2D eigenvalue weighted by Gasteiger charge is -2.14. The van der Waals surface area contributed by atoms with Crippen LogP contribution in [0.3, 0.4) is 0 Å². The molecule has 0 radical (unpaired) electrons. The second kappa shape index (κ2) is 7.03. The summed E-state index contributed by atoms with van der Waals surface area (Å²) in [5.74, 6) is -0.545. The summed E-state index contributed by atoms with van der Waals surface area (Å²) >= 11 is 5.73. The molecule has 0 spiro atoms. The molecule has 25 heavy (non-hydrogen) atoms. The molecule has 0 aliphatic heterocycles. The van der Waals surface area contributed by atoms with Crippen LogP contribution in [0, 0.1) is 12.7 Å². The predicted octanol–water partition coefficient (Wildman–Crippen LogP) is 3.86. The van der Waals surface area contributed by atoms with Crippen LogP contribution in [0.2, 0.25) is 5.15 Å². The molecule has 5 nitrogen and oxygen atoms in total. The normalized spacial score (nSPS) is 12.0. The Bertz CT molecular complexity index is 890. The highest BCUT2D eigenvalue weighted by molar-refractivity contribution is 6.29. The van der Waals surface area contributed by atoms with Gasteiger partial charge < -0.3 is 5.32 Å². The van der Waals surface area contributed by atoms with Crippen molar-refractivity contribution in [2.24, 2.45) is 0 Å². The van der Waals surface area contributed by atoms with E-state index in [1.807, 2.05) is 13.8 Å². The van der Waals surface area contributed by atoms with Gasteiger partial charge in [0.25, 0.3) is 5.91 Å². The molecule has 1 unspecified atom stereocenters. The maximum Gasteiger partial charge on any atom is 0.253 e. The average molecular weight is 359 g/mol. The third-order valence-corrected chi connectivity index (χ3v) is 4.15. The zero-order valence-corrected chi connectivity index (χ0v) is 14.5. The van der Waals surface area contributed by atoms with Gasteiger partial charge in [-0.25, -0.2) is 14.1 Å². The molecule has 0 saturated carbocycles. The van der Waals surface area contributed by atoms with E-state index < -0.39 is 0 Å². The van der Waals surface area contributed by atoms with Crippen molar-refractivity contribution in [1.82, 2.24) is 20.1 Å². The standard InChI is InChI=1S/C18H16ClFN4O/c1-11(23-18(25)13-3-8-17(19)21-9-13)16-10-22-24(12(16)2)15-6-4-14(20)5-7-15/h3-11H,1-2H3,(H,23,25). The van der Waals surface area contributed by atoms with Gasteiger partial charge in [0.2, 0.25) is 0 Å². The monoisotopic (exact) mass is 358 g/mol. The molecule has 128 valence electrons. The number of pyridine rings is 1. The lowest BCUT2D eigenvalue weighted by molar-refractivity contribution is 0.0939. The minimum atomic E-state index is -0.300. The van der Waals surface area contributed by atoms with Gasteiger partial charge in [0.1, 0.15) is 11.0 Å². The summed E-state index contributed by atoms with van der Waals surface area (Å²) in [6, 6.07) is 9.01. The molecule has 1 aromatic carbocycles. The zero-order valence-electron chi connectivity index (χ0n) is 13.7. The number of benzene rings is 1. The fourth-order valence-corrected chi connectivity index (χ4v) is 2.67. The van der Waals surface area contributed by atoms with Gasteiger partial charge in [-0.15, -0.1) is 0 Å². The minimum absolute atomic E-state index is 0.245. The lowest BCUT2D eigenvalue weighted by Crippen LogP contribution is -2.27. The number of nitrogens with one attached hydrogen (secondary N) is 1. The van der Waals surface area contributed by atoms with Crippen molar-refractivity contribution in [2.75, 3.05) is 0 Å². The number of nitrogens with zero attached hydrogens (tertiary/aromatic N) is 3. The highest BCUT2D eigenvalue weighted by Crippen LogP contribution is 2.21. The van der Waals surface area contributed by atoms with Gasteiger partial charge in [0.05, 0.1) is 23.5 Å². The molecule has 2 aromatic heterocycles. The first-order valence-electron chi connectivity index (χ1n) is 7.68. The summed E-state index contributed by atoms with van der Waals surface area (Å²) in [6.07, 6.45) is 3.13. The molecular formula is C18H16ClFN4O. The number of hydrogen-bond acceptors (Lipinski definition) is 3. The van der Waals surface area contributed by atoms with Crippen molar-refractivity contribution in [3.8, 4) is 5.69 Å². The van der Waals surface area contributed by atoms with Crippen LogP contribution in [0.15, 0.2) is 48.8 Å². The van der Waals surface area contributed by atoms with Gasteiger partial charge in [0, 0.05) is 17.5 Å². The van der Waals surface area contributed by atoms with E-state index in [0.717, 1.165) is 16.9 Å². The van der Waals surface area contributed by atoms with Gasteiger partial charge in [-0.3, -0.25) is 4.79 Å². The molecule has 1 N–H and O–H groups in total. The summed E-state index contributed by atoms with van der Waals surface area (Å²) in [7, 11) is 0. The Morgan fingerprint density at radius 2 is 1.92 bits per heavy atom. The first-order valence-corrected chi connectivity index (χ1v) is 8.06. The van der Waals surface area contributed by atoms with E-state index in [0.29, 0.717) is 10.7 Å². The number of halogens is 2. The Kier molecular flexibility index (Phi) is 4.81. The zero-order chi connectivity index (χ0) is 18.0. The summed E-state index contributed by atoms with van der Waals surface area (Å²) in [5.41, 5.74) is 2.93. The van der Waals surface area contributed by atoms with Crippen molar-refractivity contribution in [2.45, 2.75) is 19.9 Å². The fourth-order valence-electron chi connectivity index (χ4n) is 2.56. The van der Waals surface area contributed by atoms with Crippen molar-refractivity contribution in [1.29, 1.82) is 0 Å². The maximum atomic E-state index is 13.1. The number of carbonyl (C=O) groups is 1. The highest BCUT2D eigenvalue weighted by atomic mass is 35.5. The Morgan fingerprint density at radius 3 is 2.56 bits per heavy atom. The number of hydrogen-bond donors (Lipinski definition) is 1. The molecule has 1 amide bonds. The summed E-state index contributed by atoms with van der Waals surface area (Å²) in [4.78, 5) is 16.2. The minimum Gasteiger partial charge on any atom is -0.345 e. The molecule has 7 heteroatoms. The summed E-state index contributed by atoms with van der Waals surface area (Å²) < 4.78 is 14.8. The van der Waals surface area contributed by atoms with Crippen molar-refractivity contribution in [3.05, 3.63) is 76.6 Å². The third-order valence-electron chi connectivity index (χ3n) is 3.92.